The molecule has 0 aliphatic carbocycles. The third kappa shape index (κ3) is 3.65. The summed E-state index contributed by atoms with van der Waals surface area (Å²) in [6.45, 7) is 3.97. The minimum atomic E-state index is -3.28. The number of hydrogen-bond acceptors (Lipinski definition) is 3. The first-order valence-electron chi connectivity index (χ1n) is 8.62. The minimum absolute atomic E-state index is 0.180. The van der Waals surface area contributed by atoms with Gasteiger partial charge < -0.3 is 9.30 Å². The number of hydrogen-bond donors (Lipinski definition) is 0. The first kappa shape index (κ1) is 18.9. The van der Waals surface area contributed by atoms with Crippen LogP contribution in [-0.2, 0) is 14.1 Å². The van der Waals surface area contributed by atoms with Crippen LogP contribution in [0, 0.1) is 0 Å². The predicted octanol–water partition coefficient (Wildman–Crippen LogP) is 4.47. The van der Waals surface area contributed by atoms with Gasteiger partial charge in [0, 0.05) is 16.2 Å². The second-order valence-electron chi connectivity index (χ2n) is 6.16. The van der Waals surface area contributed by atoms with Gasteiger partial charge in [0.1, 0.15) is 0 Å². The van der Waals surface area contributed by atoms with E-state index in [0.717, 1.165) is 5.56 Å². The molecule has 0 spiro atoms. The van der Waals surface area contributed by atoms with Crippen LogP contribution in [-0.4, -0.2) is 13.1 Å². The summed E-state index contributed by atoms with van der Waals surface area (Å²) >= 11 is 0. The molecule has 136 valence electrons. The fourth-order valence-electron chi connectivity index (χ4n) is 3.25. The molecule has 0 saturated carbocycles. The highest BCUT2D eigenvalue weighted by Crippen LogP contribution is 2.60. The average molecular weight is 376 g/mol. The molecule has 27 heavy (non-hydrogen) atoms. The average Bonchev–Trinajstić information content (AvgIpc) is 2.75. The summed E-state index contributed by atoms with van der Waals surface area (Å²) in [6, 6.07) is 27.9. The Kier molecular flexibility index (Phi) is 5.73. The zero-order chi connectivity index (χ0) is 19.3. The van der Waals surface area contributed by atoms with Gasteiger partial charge in [-0.2, -0.15) is 0 Å². The summed E-state index contributed by atoms with van der Waals surface area (Å²) in [5.41, 5.74) is 0.236. The summed E-state index contributed by atoms with van der Waals surface area (Å²) in [7, 11) is -1.97. The van der Waals surface area contributed by atoms with Crippen LogP contribution in [0.4, 0.5) is 0 Å². The lowest BCUT2D eigenvalue weighted by Crippen LogP contribution is -2.25. The molecular weight excluding hydrogens is 355 g/mol. The molecule has 0 radical (unpaired) electrons. The Morgan fingerprint density at radius 2 is 1.22 bits per heavy atom. The van der Waals surface area contributed by atoms with Gasteiger partial charge in [-0.3, -0.25) is 0 Å². The van der Waals surface area contributed by atoms with Crippen molar-refractivity contribution in [2.45, 2.75) is 5.66 Å². The number of rotatable bonds is 6. The molecular formula is C23H21O3P. The van der Waals surface area contributed by atoms with Crippen molar-refractivity contribution >= 4 is 23.7 Å². The number of benzene rings is 3. The van der Waals surface area contributed by atoms with Gasteiger partial charge in [-0.15, -0.1) is 0 Å². The van der Waals surface area contributed by atoms with E-state index in [1.807, 2.05) is 91.0 Å². The van der Waals surface area contributed by atoms with E-state index in [1.165, 1.54) is 7.11 Å². The molecule has 0 N–H and O–H groups in total. The zero-order valence-electron chi connectivity index (χ0n) is 15.1. The summed E-state index contributed by atoms with van der Waals surface area (Å²) in [4.78, 5) is 12.4. The zero-order valence-corrected chi connectivity index (χ0v) is 16.0. The number of carbonyl (C=O) groups is 1. The fraction of sp³-hybridized carbons (Fsp3) is 0.0870. The predicted molar refractivity (Wildman–Crippen MR) is 110 cm³/mol. The molecule has 3 aromatic rings. The Balaban J connectivity index is 2.31. The largest absolute Gasteiger partial charge is 0.466 e. The molecule has 0 aliphatic heterocycles. The fourth-order valence-corrected chi connectivity index (χ4v) is 6.52. The van der Waals surface area contributed by atoms with E-state index in [-0.39, 0.29) is 5.57 Å². The van der Waals surface area contributed by atoms with Crippen LogP contribution >= 0.6 is 7.14 Å². The lowest BCUT2D eigenvalue weighted by Gasteiger charge is -2.30. The summed E-state index contributed by atoms with van der Waals surface area (Å²) < 4.78 is 19.6. The summed E-state index contributed by atoms with van der Waals surface area (Å²) in [6.07, 6.45) is 0. The molecule has 0 aromatic heterocycles. The van der Waals surface area contributed by atoms with Crippen molar-refractivity contribution in [3.63, 3.8) is 0 Å². The molecule has 4 heteroatoms. The number of carbonyl (C=O) groups excluding carboxylic acids is 1. The molecule has 0 unspecified atom stereocenters. The third-order valence-corrected chi connectivity index (χ3v) is 8.00. The van der Waals surface area contributed by atoms with Crippen molar-refractivity contribution in [2.75, 3.05) is 7.11 Å². The van der Waals surface area contributed by atoms with Crippen LogP contribution in [0.2, 0.25) is 0 Å². The highest BCUT2D eigenvalue weighted by molar-refractivity contribution is 7.79. The third-order valence-electron chi connectivity index (χ3n) is 4.54. The van der Waals surface area contributed by atoms with Crippen LogP contribution in [0.3, 0.4) is 0 Å². The first-order chi connectivity index (χ1) is 13.1. The van der Waals surface area contributed by atoms with E-state index in [9.17, 15) is 9.36 Å². The minimum Gasteiger partial charge on any atom is -0.466 e. The van der Waals surface area contributed by atoms with E-state index in [0.29, 0.717) is 10.6 Å². The molecule has 0 heterocycles. The molecule has 0 fully saturated rings. The van der Waals surface area contributed by atoms with Crippen molar-refractivity contribution in [3.05, 3.63) is 109 Å². The van der Waals surface area contributed by atoms with Crippen molar-refractivity contribution in [1.82, 2.24) is 0 Å². The smallest absolute Gasteiger partial charge is 0.334 e. The maximum absolute atomic E-state index is 14.7. The van der Waals surface area contributed by atoms with Gasteiger partial charge in [0.05, 0.1) is 12.8 Å². The second kappa shape index (κ2) is 8.20. The van der Waals surface area contributed by atoms with Gasteiger partial charge in [-0.25, -0.2) is 4.79 Å². The normalized spacial score (nSPS) is 12.2. The summed E-state index contributed by atoms with van der Waals surface area (Å²) in [5.74, 6) is -0.559. The molecule has 1 atom stereocenters. The van der Waals surface area contributed by atoms with Gasteiger partial charge in [0.25, 0.3) is 0 Å². The van der Waals surface area contributed by atoms with Crippen molar-refractivity contribution in [1.29, 1.82) is 0 Å². The van der Waals surface area contributed by atoms with Crippen LogP contribution in [0.25, 0.3) is 0 Å². The van der Waals surface area contributed by atoms with E-state index >= 15 is 0 Å². The standard InChI is InChI=1S/C23H21O3P/c1-18(23(24)26-2)22(19-12-6-3-7-13-19)27(25,20-14-8-4-9-15-20)21-16-10-5-11-17-21/h3-17,22H,1H2,2H3/t22-/m0/s1. The number of ether oxygens (including phenoxy) is 1. The monoisotopic (exact) mass is 376 g/mol. The number of methoxy groups -OCH3 is 1. The number of esters is 1. The molecule has 3 nitrogen and oxygen atoms in total. The van der Waals surface area contributed by atoms with Crippen LogP contribution in [0.5, 0.6) is 0 Å². The van der Waals surface area contributed by atoms with Crippen molar-refractivity contribution in [3.8, 4) is 0 Å². The van der Waals surface area contributed by atoms with E-state index in [4.69, 9.17) is 4.74 Å². The highest BCUT2D eigenvalue weighted by atomic mass is 31.2. The van der Waals surface area contributed by atoms with Crippen LogP contribution < -0.4 is 10.6 Å². The second-order valence-corrected chi connectivity index (χ2v) is 9.02. The summed E-state index contributed by atoms with van der Waals surface area (Å²) in [5, 5.41) is 1.35. The van der Waals surface area contributed by atoms with Crippen molar-refractivity contribution < 1.29 is 14.1 Å². The van der Waals surface area contributed by atoms with Gasteiger partial charge in [-0.1, -0.05) is 97.6 Å². The van der Waals surface area contributed by atoms with Crippen LogP contribution in [0.1, 0.15) is 11.2 Å². The first-order valence-corrected chi connectivity index (χ1v) is 10.4. The maximum atomic E-state index is 14.7. The topological polar surface area (TPSA) is 43.4 Å². The molecule has 3 rings (SSSR count). The van der Waals surface area contributed by atoms with Crippen molar-refractivity contribution in [2.24, 2.45) is 0 Å². The Hall–Kier alpha value is -2.90. The Labute approximate surface area is 159 Å². The Morgan fingerprint density at radius 3 is 1.63 bits per heavy atom. The lowest BCUT2D eigenvalue weighted by molar-refractivity contribution is -0.136. The Bertz CT molecular complexity index is 923. The van der Waals surface area contributed by atoms with Gasteiger partial charge >= 0.3 is 5.97 Å². The molecule has 0 amide bonds. The molecule has 0 bridgehead atoms. The van der Waals surface area contributed by atoms with E-state index in [1.54, 1.807) is 0 Å². The Morgan fingerprint density at radius 1 is 0.815 bits per heavy atom. The van der Waals surface area contributed by atoms with Gasteiger partial charge in [0.2, 0.25) is 0 Å². The molecule has 0 saturated heterocycles. The SMILES string of the molecule is C=C(C(=O)OC)[C@@H](c1ccccc1)P(=O)(c1ccccc1)c1ccccc1. The maximum Gasteiger partial charge on any atom is 0.334 e. The van der Waals surface area contributed by atoms with E-state index in [2.05, 4.69) is 6.58 Å². The lowest BCUT2D eigenvalue weighted by atomic mass is 10.1. The molecule has 3 aromatic carbocycles. The van der Waals surface area contributed by atoms with Crippen LogP contribution in [0.15, 0.2) is 103 Å². The molecule has 0 aliphatic rings. The highest BCUT2D eigenvalue weighted by Gasteiger charge is 2.41. The van der Waals surface area contributed by atoms with Gasteiger partial charge in [-0.05, 0) is 5.56 Å². The van der Waals surface area contributed by atoms with E-state index < -0.39 is 18.8 Å². The quantitative estimate of drug-likeness (QED) is 0.362. The van der Waals surface area contributed by atoms with Gasteiger partial charge in [0.15, 0.2) is 7.14 Å².